The third-order valence-corrected chi connectivity index (χ3v) is 4.39. The van der Waals surface area contributed by atoms with Gasteiger partial charge in [0.25, 0.3) is 0 Å². The normalized spacial score (nSPS) is 16.1. The molecule has 1 unspecified atom stereocenters. The molecule has 0 radical (unpaired) electrons. The number of rotatable bonds is 9. The Morgan fingerprint density at radius 2 is 1.83 bits per heavy atom. The van der Waals surface area contributed by atoms with Gasteiger partial charge in [0.15, 0.2) is 17.3 Å². The van der Waals surface area contributed by atoms with Crippen molar-refractivity contribution in [2.24, 2.45) is 10.2 Å². The molecule has 3 rings (SSSR count). The predicted molar refractivity (Wildman–Crippen MR) is 112 cm³/mol. The van der Waals surface area contributed by atoms with Crippen LogP contribution in [-0.4, -0.2) is 52.5 Å². The smallest absolute Gasteiger partial charge is 0.226 e. The Labute approximate surface area is 170 Å². The van der Waals surface area contributed by atoms with E-state index in [4.69, 9.17) is 0 Å². The van der Waals surface area contributed by atoms with Crippen LogP contribution in [0.1, 0.15) is 38.8 Å². The summed E-state index contributed by atoms with van der Waals surface area (Å²) in [4.78, 5) is 8.98. The Morgan fingerprint density at radius 1 is 1.14 bits per heavy atom. The molecule has 0 amide bonds. The van der Waals surface area contributed by atoms with Gasteiger partial charge in [-0.25, -0.2) is 0 Å². The second kappa shape index (κ2) is 9.79. The van der Waals surface area contributed by atoms with Gasteiger partial charge >= 0.3 is 0 Å². The standard InChI is InChI=1S/C18H27N11/c1-4-21-16-14(17(22-5-2)25-18(24-16)23-6-3)26-27-15-12(9-19)11-29(28-15)13-7-8-20-10-13/h11,13,20H,4-8,10H2,1-3H3,(H3,21,22,23,24,25). The van der Waals surface area contributed by atoms with Crippen LogP contribution in [0.2, 0.25) is 0 Å². The fraction of sp³-hybridized carbons (Fsp3) is 0.556. The van der Waals surface area contributed by atoms with Crippen molar-refractivity contribution >= 4 is 29.1 Å². The second-order valence-electron chi connectivity index (χ2n) is 6.49. The second-order valence-corrected chi connectivity index (χ2v) is 6.49. The van der Waals surface area contributed by atoms with Crippen molar-refractivity contribution in [2.75, 3.05) is 48.7 Å². The average Bonchev–Trinajstić information content (AvgIpc) is 3.38. The van der Waals surface area contributed by atoms with Gasteiger partial charge in [-0.2, -0.15) is 15.2 Å². The SMILES string of the molecule is CCNc1nc(NCC)c(N=Nc2nn(C3CCNC3)cc2C#N)c(NCC)n1. The van der Waals surface area contributed by atoms with Gasteiger partial charge in [0, 0.05) is 32.4 Å². The maximum atomic E-state index is 9.47. The lowest BCUT2D eigenvalue weighted by Crippen LogP contribution is -2.13. The molecule has 0 saturated carbocycles. The van der Waals surface area contributed by atoms with Crippen LogP contribution < -0.4 is 21.3 Å². The molecule has 1 aliphatic rings. The molecule has 2 aromatic rings. The van der Waals surface area contributed by atoms with Gasteiger partial charge in [0.1, 0.15) is 11.6 Å². The summed E-state index contributed by atoms with van der Waals surface area (Å²) in [5.74, 6) is 1.93. The number of anilines is 3. The highest BCUT2D eigenvalue weighted by Crippen LogP contribution is 2.34. The van der Waals surface area contributed by atoms with Crippen LogP contribution in [0.5, 0.6) is 0 Å². The lowest BCUT2D eigenvalue weighted by atomic mass is 10.3. The monoisotopic (exact) mass is 397 g/mol. The van der Waals surface area contributed by atoms with E-state index in [1.807, 2.05) is 20.8 Å². The zero-order valence-corrected chi connectivity index (χ0v) is 17.0. The number of azo groups is 1. The Kier molecular flexibility index (Phi) is 6.91. The Hall–Kier alpha value is -3.26. The topological polar surface area (TPSA) is 140 Å². The molecule has 11 nitrogen and oxygen atoms in total. The van der Waals surface area contributed by atoms with Gasteiger partial charge in [-0.3, -0.25) is 4.68 Å². The van der Waals surface area contributed by atoms with Gasteiger partial charge in [-0.15, -0.1) is 15.3 Å². The molecule has 1 saturated heterocycles. The third kappa shape index (κ3) is 4.78. The lowest BCUT2D eigenvalue weighted by molar-refractivity contribution is 0.491. The van der Waals surface area contributed by atoms with Crippen molar-refractivity contribution in [3.8, 4) is 6.07 Å². The van der Waals surface area contributed by atoms with Crippen LogP contribution in [0.4, 0.5) is 29.1 Å². The van der Waals surface area contributed by atoms with Crippen molar-refractivity contribution in [2.45, 2.75) is 33.2 Å². The van der Waals surface area contributed by atoms with E-state index in [2.05, 4.69) is 52.6 Å². The summed E-state index contributed by atoms with van der Waals surface area (Å²) in [5.41, 5.74) is 0.872. The number of hydrogen-bond donors (Lipinski definition) is 4. The maximum Gasteiger partial charge on any atom is 0.226 e. The minimum Gasteiger partial charge on any atom is -0.368 e. The van der Waals surface area contributed by atoms with Crippen LogP contribution in [0.25, 0.3) is 0 Å². The van der Waals surface area contributed by atoms with E-state index in [1.54, 1.807) is 10.9 Å². The first-order valence-corrected chi connectivity index (χ1v) is 9.95. The number of nitriles is 1. The van der Waals surface area contributed by atoms with Crippen LogP contribution in [-0.2, 0) is 0 Å². The van der Waals surface area contributed by atoms with Gasteiger partial charge in [-0.05, 0) is 33.7 Å². The Balaban J connectivity index is 1.97. The van der Waals surface area contributed by atoms with Crippen LogP contribution in [0.3, 0.4) is 0 Å². The van der Waals surface area contributed by atoms with Crippen molar-refractivity contribution in [1.29, 1.82) is 5.26 Å². The highest BCUT2D eigenvalue weighted by molar-refractivity contribution is 5.75. The first-order valence-electron chi connectivity index (χ1n) is 9.95. The molecule has 1 aliphatic heterocycles. The fourth-order valence-electron chi connectivity index (χ4n) is 3.05. The zero-order chi connectivity index (χ0) is 20.6. The number of nitrogens with one attached hydrogen (secondary N) is 4. The molecule has 154 valence electrons. The van der Waals surface area contributed by atoms with Crippen molar-refractivity contribution < 1.29 is 0 Å². The molecule has 1 atom stereocenters. The number of aromatic nitrogens is 4. The van der Waals surface area contributed by atoms with Gasteiger partial charge in [0.2, 0.25) is 11.8 Å². The molecule has 0 aromatic carbocycles. The summed E-state index contributed by atoms with van der Waals surface area (Å²) in [6.45, 7) is 9.76. The van der Waals surface area contributed by atoms with Crippen LogP contribution >= 0.6 is 0 Å². The predicted octanol–water partition coefficient (Wildman–Crippen LogP) is 2.79. The van der Waals surface area contributed by atoms with Crippen molar-refractivity contribution in [3.63, 3.8) is 0 Å². The zero-order valence-electron chi connectivity index (χ0n) is 17.0. The van der Waals surface area contributed by atoms with E-state index in [1.165, 1.54) is 0 Å². The fourth-order valence-corrected chi connectivity index (χ4v) is 3.05. The minimum absolute atomic E-state index is 0.225. The maximum absolute atomic E-state index is 9.47. The highest BCUT2D eigenvalue weighted by atomic mass is 15.4. The largest absolute Gasteiger partial charge is 0.368 e. The summed E-state index contributed by atoms with van der Waals surface area (Å²) in [6, 6.07) is 2.38. The highest BCUT2D eigenvalue weighted by Gasteiger charge is 2.20. The molecule has 3 heterocycles. The van der Waals surface area contributed by atoms with E-state index < -0.39 is 0 Å². The molecule has 2 aromatic heterocycles. The van der Waals surface area contributed by atoms with Crippen LogP contribution in [0.15, 0.2) is 16.4 Å². The van der Waals surface area contributed by atoms with E-state index in [0.717, 1.165) is 19.5 Å². The van der Waals surface area contributed by atoms with Gasteiger partial charge < -0.3 is 21.3 Å². The number of nitrogens with zero attached hydrogens (tertiary/aromatic N) is 7. The average molecular weight is 397 g/mol. The van der Waals surface area contributed by atoms with E-state index in [9.17, 15) is 5.26 Å². The molecule has 0 aliphatic carbocycles. The molecule has 11 heteroatoms. The lowest BCUT2D eigenvalue weighted by Gasteiger charge is -2.13. The quantitative estimate of drug-likeness (QED) is 0.473. The third-order valence-electron chi connectivity index (χ3n) is 4.39. The van der Waals surface area contributed by atoms with E-state index in [-0.39, 0.29) is 6.04 Å². The molecule has 0 spiro atoms. The summed E-state index contributed by atoms with van der Waals surface area (Å²) in [5, 5.41) is 35.4. The van der Waals surface area contributed by atoms with E-state index in [0.29, 0.717) is 54.3 Å². The minimum atomic E-state index is 0.225. The molecule has 29 heavy (non-hydrogen) atoms. The molecule has 4 N–H and O–H groups in total. The molecular weight excluding hydrogens is 370 g/mol. The summed E-state index contributed by atoms with van der Waals surface area (Å²) in [6.07, 6.45) is 2.70. The first kappa shape index (κ1) is 20.5. The van der Waals surface area contributed by atoms with Crippen molar-refractivity contribution in [1.82, 2.24) is 25.1 Å². The first-order chi connectivity index (χ1) is 14.2. The summed E-state index contributed by atoms with van der Waals surface area (Å²) >= 11 is 0. The Morgan fingerprint density at radius 3 is 2.38 bits per heavy atom. The van der Waals surface area contributed by atoms with Crippen LogP contribution in [0, 0.1) is 11.3 Å². The van der Waals surface area contributed by atoms with Gasteiger partial charge in [0.05, 0.1) is 6.04 Å². The number of hydrogen-bond acceptors (Lipinski definition) is 10. The molecular formula is C18H27N11. The van der Waals surface area contributed by atoms with Crippen molar-refractivity contribution in [3.05, 3.63) is 11.8 Å². The Bertz CT molecular complexity index is 863. The molecule has 0 bridgehead atoms. The summed E-state index contributed by atoms with van der Waals surface area (Å²) in [7, 11) is 0. The van der Waals surface area contributed by atoms with Gasteiger partial charge in [-0.1, -0.05) is 0 Å². The summed E-state index contributed by atoms with van der Waals surface area (Å²) < 4.78 is 1.80. The molecule has 1 fully saturated rings. The van der Waals surface area contributed by atoms with E-state index >= 15 is 0 Å².